The molecule has 2 aliphatic rings. The van der Waals surface area contributed by atoms with E-state index in [2.05, 4.69) is 36.1 Å². The summed E-state index contributed by atoms with van der Waals surface area (Å²) in [6, 6.07) is 8.74. The lowest BCUT2D eigenvalue weighted by Gasteiger charge is -2.37. The smallest absolute Gasteiger partial charge is 0.0894 e. The third-order valence-corrected chi connectivity index (χ3v) is 5.02. The number of nitrogens with zero attached hydrogens (tertiary/aromatic N) is 1. The Balaban J connectivity index is 1.73. The third-order valence-electron chi connectivity index (χ3n) is 5.02. The zero-order valence-corrected chi connectivity index (χ0v) is 13.1. The fraction of sp³-hybridized carbons (Fsp3) is 0.667. The van der Waals surface area contributed by atoms with Gasteiger partial charge in [-0.25, -0.2) is 0 Å². The topological polar surface area (TPSA) is 38.5 Å². The van der Waals surface area contributed by atoms with E-state index in [1.54, 1.807) is 0 Å². The summed E-state index contributed by atoms with van der Waals surface area (Å²) in [5.41, 5.74) is 9.37. The van der Waals surface area contributed by atoms with Gasteiger partial charge >= 0.3 is 0 Å². The molecule has 2 fully saturated rings. The van der Waals surface area contributed by atoms with Crippen molar-refractivity contribution in [2.75, 3.05) is 26.2 Å². The van der Waals surface area contributed by atoms with Crippen LogP contribution in [-0.4, -0.2) is 37.2 Å². The molecule has 2 unspecified atom stereocenters. The first kappa shape index (κ1) is 15.0. The Kier molecular flexibility index (Phi) is 4.94. The molecule has 1 aromatic rings. The Morgan fingerprint density at radius 3 is 2.86 bits per heavy atom. The summed E-state index contributed by atoms with van der Waals surface area (Å²) >= 11 is 0. The third kappa shape index (κ3) is 3.31. The van der Waals surface area contributed by atoms with Gasteiger partial charge in [0, 0.05) is 13.1 Å². The van der Waals surface area contributed by atoms with Gasteiger partial charge in [-0.2, -0.15) is 0 Å². The number of benzene rings is 1. The average Bonchev–Trinajstić information content (AvgIpc) is 2.46. The van der Waals surface area contributed by atoms with E-state index in [0.29, 0.717) is 0 Å². The number of hydrogen-bond donors (Lipinski definition) is 1. The SMILES string of the molecule is CCCN1CCOC(C(N)c2ccccc2C2CCC2)C1. The van der Waals surface area contributed by atoms with Crippen molar-refractivity contribution in [1.29, 1.82) is 0 Å². The minimum absolute atomic E-state index is 0.00135. The minimum Gasteiger partial charge on any atom is -0.374 e. The first-order valence-corrected chi connectivity index (χ1v) is 8.48. The number of nitrogens with two attached hydrogens (primary N) is 1. The molecule has 0 spiro atoms. The van der Waals surface area contributed by atoms with E-state index in [1.165, 1.54) is 36.8 Å². The lowest BCUT2D eigenvalue weighted by molar-refractivity contribution is -0.0409. The van der Waals surface area contributed by atoms with E-state index < -0.39 is 0 Å². The molecule has 0 aromatic heterocycles. The Bertz CT molecular complexity index is 456. The largest absolute Gasteiger partial charge is 0.374 e. The van der Waals surface area contributed by atoms with Gasteiger partial charge in [-0.05, 0) is 42.9 Å². The predicted octanol–water partition coefficient (Wildman–Crippen LogP) is 3.06. The van der Waals surface area contributed by atoms with Crippen LogP contribution in [0.3, 0.4) is 0 Å². The van der Waals surface area contributed by atoms with Crippen molar-refractivity contribution in [2.24, 2.45) is 5.73 Å². The molecule has 1 aliphatic carbocycles. The molecular formula is C18H28N2O. The van der Waals surface area contributed by atoms with Gasteiger partial charge in [0.25, 0.3) is 0 Å². The van der Waals surface area contributed by atoms with E-state index in [9.17, 15) is 0 Å². The zero-order valence-electron chi connectivity index (χ0n) is 13.1. The predicted molar refractivity (Wildman–Crippen MR) is 86.4 cm³/mol. The number of morpholine rings is 1. The van der Waals surface area contributed by atoms with Crippen LogP contribution in [0.15, 0.2) is 24.3 Å². The van der Waals surface area contributed by atoms with Crippen LogP contribution < -0.4 is 5.73 Å². The normalized spacial score (nSPS) is 25.5. The number of hydrogen-bond acceptors (Lipinski definition) is 3. The quantitative estimate of drug-likeness (QED) is 0.905. The molecule has 0 bridgehead atoms. The highest BCUT2D eigenvalue weighted by atomic mass is 16.5. The van der Waals surface area contributed by atoms with E-state index in [4.69, 9.17) is 10.5 Å². The van der Waals surface area contributed by atoms with Gasteiger partial charge < -0.3 is 10.5 Å². The number of ether oxygens (including phenoxy) is 1. The van der Waals surface area contributed by atoms with Gasteiger partial charge in [0.15, 0.2) is 0 Å². The summed E-state index contributed by atoms with van der Waals surface area (Å²) < 4.78 is 5.99. The molecule has 0 amide bonds. The van der Waals surface area contributed by atoms with Gasteiger partial charge in [-0.15, -0.1) is 0 Å². The van der Waals surface area contributed by atoms with E-state index in [-0.39, 0.29) is 12.1 Å². The van der Waals surface area contributed by atoms with Crippen molar-refractivity contribution < 1.29 is 4.74 Å². The van der Waals surface area contributed by atoms with Crippen LogP contribution in [0.1, 0.15) is 55.7 Å². The molecule has 1 aromatic carbocycles. The first-order valence-electron chi connectivity index (χ1n) is 8.48. The van der Waals surface area contributed by atoms with Gasteiger partial charge in [0.2, 0.25) is 0 Å². The second kappa shape index (κ2) is 6.91. The lowest BCUT2D eigenvalue weighted by Crippen LogP contribution is -2.47. The van der Waals surface area contributed by atoms with Crippen LogP contribution in [0.25, 0.3) is 0 Å². The lowest BCUT2D eigenvalue weighted by atomic mass is 9.76. The molecule has 1 saturated carbocycles. The van der Waals surface area contributed by atoms with E-state index in [0.717, 1.165) is 32.2 Å². The number of rotatable bonds is 5. The van der Waals surface area contributed by atoms with Crippen molar-refractivity contribution in [2.45, 2.75) is 50.7 Å². The van der Waals surface area contributed by atoms with Crippen LogP contribution in [-0.2, 0) is 4.74 Å². The molecule has 1 aliphatic heterocycles. The van der Waals surface area contributed by atoms with Gasteiger partial charge in [0.1, 0.15) is 0 Å². The molecule has 116 valence electrons. The van der Waals surface area contributed by atoms with Gasteiger partial charge in [-0.3, -0.25) is 4.90 Å². The molecule has 1 saturated heterocycles. The monoisotopic (exact) mass is 288 g/mol. The maximum atomic E-state index is 6.59. The fourth-order valence-electron chi connectivity index (χ4n) is 3.57. The molecule has 3 nitrogen and oxygen atoms in total. The fourth-order valence-corrected chi connectivity index (χ4v) is 3.57. The molecule has 3 rings (SSSR count). The van der Waals surface area contributed by atoms with Crippen molar-refractivity contribution in [3.63, 3.8) is 0 Å². The maximum absolute atomic E-state index is 6.59. The standard InChI is InChI=1S/C18H28N2O/c1-2-10-20-11-12-21-17(13-20)18(19)16-9-4-3-8-15(16)14-6-5-7-14/h3-4,8-9,14,17-18H,2,5-7,10-13,19H2,1H3. The van der Waals surface area contributed by atoms with Crippen LogP contribution >= 0.6 is 0 Å². The van der Waals surface area contributed by atoms with Crippen LogP contribution in [0, 0.1) is 0 Å². The van der Waals surface area contributed by atoms with Crippen molar-refractivity contribution in [3.8, 4) is 0 Å². The summed E-state index contributed by atoms with van der Waals surface area (Å²) in [6.45, 7) is 6.20. The second-order valence-corrected chi connectivity index (χ2v) is 6.49. The van der Waals surface area contributed by atoms with E-state index in [1.807, 2.05) is 0 Å². The summed E-state index contributed by atoms with van der Waals surface area (Å²) in [5, 5.41) is 0. The van der Waals surface area contributed by atoms with E-state index >= 15 is 0 Å². The molecule has 2 N–H and O–H groups in total. The summed E-state index contributed by atoms with van der Waals surface area (Å²) in [5.74, 6) is 0.725. The highest BCUT2D eigenvalue weighted by molar-refractivity contribution is 5.34. The first-order chi connectivity index (χ1) is 10.3. The van der Waals surface area contributed by atoms with Crippen molar-refractivity contribution >= 4 is 0 Å². The molecule has 2 atom stereocenters. The minimum atomic E-state index is 0.00135. The highest BCUT2D eigenvalue weighted by Crippen LogP contribution is 2.39. The molecule has 21 heavy (non-hydrogen) atoms. The molecule has 1 heterocycles. The van der Waals surface area contributed by atoms with Crippen LogP contribution in [0.2, 0.25) is 0 Å². The van der Waals surface area contributed by atoms with Gasteiger partial charge in [0.05, 0.1) is 18.8 Å². The Morgan fingerprint density at radius 2 is 2.14 bits per heavy atom. The van der Waals surface area contributed by atoms with Gasteiger partial charge in [-0.1, -0.05) is 37.6 Å². The van der Waals surface area contributed by atoms with Crippen molar-refractivity contribution in [3.05, 3.63) is 35.4 Å². The summed E-state index contributed by atoms with van der Waals surface area (Å²) in [7, 11) is 0. The molecule has 0 radical (unpaired) electrons. The Labute approximate surface area is 128 Å². The average molecular weight is 288 g/mol. The van der Waals surface area contributed by atoms with Crippen LogP contribution in [0.5, 0.6) is 0 Å². The van der Waals surface area contributed by atoms with Crippen molar-refractivity contribution in [1.82, 2.24) is 4.90 Å². The Morgan fingerprint density at radius 1 is 1.33 bits per heavy atom. The summed E-state index contributed by atoms with van der Waals surface area (Å²) in [6.07, 6.45) is 5.32. The highest BCUT2D eigenvalue weighted by Gasteiger charge is 2.30. The Hall–Kier alpha value is -0.900. The van der Waals surface area contributed by atoms with Crippen LogP contribution in [0.4, 0.5) is 0 Å². The summed E-state index contributed by atoms with van der Waals surface area (Å²) in [4.78, 5) is 2.49. The maximum Gasteiger partial charge on any atom is 0.0894 e. The zero-order chi connectivity index (χ0) is 14.7. The molecular weight excluding hydrogens is 260 g/mol. The molecule has 3 heteroatoms. The second-order valence-electron chi connectivity index (χ2n) is 6.49.